The molecule has 2 aromatic heterocycles. The topological polar surface area (TPSA) is 92.1 Å². The highest BCUT2D eigenvalue weighted by atomic mass is 16.6. The molecule has 0 aromatic carbocycles. The lowest BCUT2D eigenvalue weighted by Gasteiger charge is -2.35. The number of aryl methyl sites for hydroxylation is 1. The van der Waals surface area contributed by atoms with Gasteiger partial charge in [-0.2, -0.15) is 5.10 Å². The maximum Gasteiger partial charge on any atom is 0.410 e. The molecular formula is C20H30N6O3. The Morgan fingerprint density at radius 1 is 1.21 bits per heavy atom. The lowest BCUT2D eigenvalue weighted by atomic mass is 10.2. The SMILES string of the molecule is Cc1nn2cccnc2c1C(=O)NCCCN1CCN(C(=O)OC(C)(C)C)CC1. The molecule has 0 saturated carbocycles. The number of rotatable bonds is 5. The van der Waals surface area contributed by atoms with Crippen molar-refractivity contribution in [1.29, 1.82) is 0 Å². The zero-order valence-electron chi connectivity index (χ0n) is 17.6. The minimum absolute atomic E-state index is 0.147. The summed E-state index contributed by atoms with van der Waals surface area (Å²) in [5.74, 6) is -0.147. The third-order valence-electron chi connectivity index (χ3n) is 4.76. The van der Waals surface area contributed by atoms with Crippen molar-refractivity contribution >= 4 is 17.6 Å². The number of fused-ring (bicyclic) bond motifs is 1. The van der Waals surface area contributed by atoms with E-state index in [0.717, 1.165) is 26.1 Å². The van der Waals surface area contributed by atoms with Crippen molar-refractivity contribution in [3.05, 3.63) is 29.7 Å². The summed E-state index contributed by atoms with van der Waals surface area (Å²) >= 11 is 0. The van der Waals surface area contributed by atoms with E-state index in [1.54, 1.807) is 27.9 Å². The van der Waals surface area contributed by atoms with Crippen LogP contribution in [0.15, 0.2) is 18.5 Å². The van der Waals surface area contributed by atoms with E-state index in [0.29, 0.717) is 36.5 Å². The molecule has 2 amide bonds. The first kappa shape index (κ1) is 21.0. The third kappa shape index (κ3) is 5.44. The molecule has 3 rings (SSSR count). The highest BCUT2D eigenvalue weighted by Crippen LogP contribution is 2.13. The van der Waals surface area contributed by atoms with E-state index in [4.69, 9.17) is 4.74 Å². The summed E-state index contributed by atoms with van der Waals surface area (Å²) in [6.45, 7) is 11.8. The normalized spacial score (nSPS) is 15.5. The van der Waals surface area contributed by atoms with Crippen LogP contribution in [0.4, 0.5) is 4.79 Å². The molecule has 0 radical (unpaired) electrons. The summed E-state index contributed by atoms with van der Waals surface area (Å²) < 4.78 is 7.04. The molecule has 29 heavy (non-hydrogen) atoms. The number of piperazine rings is 1. The average Bonchev–Trinajstić information content (AvgIpc) is 3.00. The standard InChI is InChI=1S/C20H30N6O3/c1-15-16(17-21-7-6-10-26(17)23-15)18(27)22-8-5-9-24-11-13-25(14-12-24)19(28)29-20(2,3)4/h6-7,10H,5,8-9,11-14H2,1-4H3,(H,22,27). The fraction of sp³-hybridized carbons (Fsp3) is 0.600. The maximum atomic E-state index is 12.5. The quantitative estimate of drug-likeness (QED) is 0.766. The minimum Gasteiger partial charge on any atom is -0.444 e. The maximum absolute atomic E-state index is 12.5. The van der Waals surface area contributed by atoms with Crippen LogP contribution in [-0.4, -0.2) is 81.3 Å². The van der Waals surface area contributed by atoms with Gasteiger partial charge in [0.25, 0.3) is 5.91 Å². The van der Waals surface area contributed by atoms with Crippen molar-refractivity contribution in [2.24, 2.45) is 0 Å². The van der Waals surface area contributed by atoms with Crippen molar-refractivity contribution < 1.29 is 14.3 Å². The van der Waals surface area contributed by atoms with Crippen LogP contribution >= 0.6 is 0 Å². The molecule has 3 heterocycles. The first-order valence-corrected chi connectivity index (χ1v) is 10.0. The molecule has 1 N–H and O–H groups in total. The highest BCUT2D eigenvalue weighted by Gasteiger charge is 2.25. The molecular weight excluding hydrogens is 372 g/mol. The Morgan fingerprint density at radius 3 is 2.62 bits per heavy atom. The zero-order chi connectivity index (χ0) is 21.0. The monoisotopic (exact) mass is 402 g/mol. The fourth-order valence-corrected chi connectivity index (χ4v) is 3.34. The molecule has 0 bridgehead atoms. The van der Waals surface area contributed by atoms with Gasteiger partial charge in [-0.25, -0.2) is 14.3 Å². The van der Waals surface area contributed by atoms with Gasteiger partial charge in [-0.05, 0) is 46.7 Å². The number of carbonyl (C=O) groups excluding carboxylic acids is 2. The molecule has 0 unspecified atom stereocenters. The summed E-state index contributed by atoms with van der Waals surface area (Å²) in [4.78, 5) is 33.0. The molecule has 1 fully saturated rings. The molecule has 1 saturated heterocycles. The summed E-state index contributed by atoms with van der Waals surface area (Å²) in [5.41, 5.74) is 1.29. The Bertz CT molecular complexity index is 865. The molecule has 9 nitrogen and oxygen atoms in total. The van der Waals surface area contributed by atoms with E-state index >= 15 is 0 Å². The van der Waals surface area contributed by atoms with Crippen molar-refractivity contribution in [2.45, 2.75) is 39.7 Å². The van der Waals surface area contributed by atoms with E-state index in [9.17, 15) is 9.59 Å². The van der Waals surface area contributed by atoms with Gasteiger partial charge in [-0.3, -0.25) is 9.69 Å². The number of hydrogen-bond donors (Lipinski definition) is 1. The van der Waals surface area contributed by atoms with Crippen LogP contribution in [0.5, 0.6) is 0 Å². The van der Waals surface area contributed by atoms with Crippen molar-refractivity contribution in [3.8, 4) is 0 Å². The number of nitrogens with one attached hydrogen (secondary N) is 1. The van der Waals surface area contributed by atoms with Crippen LogP contribution in [0.25, 0.3) is 5.65 Å². The van der Waals surface area contributed by atoms with Gasteiger partial charge < -0.3 is 15.0 Å². The molecule has 9 heteroatoms. The van der Waals surface area contributed by atoms with E-state index in [1.165, 1.54) is 0 Å². The fourth-order valence-electron chi connectivity index (χ4n) is 3.34. The lowest BCUT2D eigenvalue weighted by molar-refractivity contribution is 0.0144. The first-order valence-electron chi connectivity index (χ1n) is 10.0. The second kappa shape index (κ2) is 8.77. The van der Waals surface area contributed by atoms with Gasteiger partial charge in [-0.1, -0.05) is 0 Å². The number of hydrogen-bond acceptors (Lipinski definition) is 6. The molecule has 158 valence electrons. The summed E-state index contributed by atoms with van der Waals surface area (Å²) in [6.07, 6.45) is 4.03. The van der Waals surface area contributed by atoms with Crippen LogP contribution in [0, 0.1) is 6.92 Å². The zero-order valence-corrected chi connectivity index (χ0v) is 17.6. The van der Waals surface area contributed by atoms with Gasteiger partial charge >= 0.3 is 6.09 Å². The Morgan fingerprint density at radius 2 is 1.93 bits per heavy atom. The Hall–Kier alpha value is -2.68. The Labute approximate surface area is 171 Å². The van der Waals surface area contributed by atoms with Crippen LogP contribution in [0.2, 0.25) is 0 Å². The second-order valence-corrected chi connectivity index (χ2v) is 8.27. The molecule has 1 aliphatic heterocycles. The van der Waals surface area contributed by atoms with Crippen LogP contribution in [0.3, 0.4) is 0 Å². The predicted octanol–water partition coefficient (Wildman–Crippen LogP) is 1.71. The third-order valence-corrected chi connectivity index (χ3v) is 4.76. The van der Waals surface area contributed by atoms with E-state index in [-0.39, 0.29) is 12.0 Å². The molecule has 1 aliphatic rings. The van der Waals surface area contributed by atoms with Crippen LogP contribution < -0.4 is 5.32 Å². The first-order chi connectivity index (χ1) is 13.7. The van der Waals surface area contributed by atoms with E-state index in [1.807, 2.05) is 27.7 Å². The number of aromatic nitrogens is 3. The Kier molecular flexibility index (Phi) is 6.36. The number of nitrogens with zero attached hydrogens (tertiary/aromatic N) is 5. The Balaban J connectivity index is 1.40. The summed E-state index contributed by atoms with van der Waals surface area (Å²) in [6, 6.07) is 1.78. The van der Waals surface area contributed by atoms with Gasteiger partial charge in [0.1, 0.15) is 11.2 Å². The number of amides is 2. The smallest absolute Gasteiger partial charge is 0.410 e. The highest BCUT2D eigenvalue weighted by molar-refractivity contribution is 6.00. The van der Waals surface area contributed by atoms with Gasteiger partial charge in [0.2, 0.25) is 0 Å². The largest absolute Gasteiger partial charge is 0.444 e. The summed E-state index contributed by atoms with van der Waals surface area (Å²) in [5, 5.41) is 7.29. The van der Waals surface area contributed by atoms with Gasteiger partial charge in [0.15, 0.2) is 5.65 Å². The van der Waals surface area contributed by atoms with Gasteiger partial charge in [0, 0.05) is 45.1 Å². The number of carbonyl (C=O) groups is 2. The molecule has 0 aliphatic carbocycles. The average molecular weight is 402 g/mol. The van der Waals surface area contributed by atoms with Crippen molar-refractivity contribution in [2.75, 3.05) is 39.3 Å². The molecule has 0 spiro atoms. The van der Waals surface area contributed by atoms with Gasteiger partial charge in [-0.15, -0.1) is 0 Å². The van der Waals surface area contributed by atoms with Crippen molar-refractivity contribution in [3.63, 3.8) is 0 Å². The lowest BCUT2D eigenvalue weighted by Crippen LogP contribution is -2.50. The van der Waals surface area contributed by atoms with E-state index in [2.05, 4.69) is 20.3 Å². The minimum atomic E-state index is -0.471. The van der Waals surface area contributed by atoms with Crippen molar-refractivity contribution in [1.82, 2.24) is 29.7 Å². The second-order valence-electron chi connectivity index (χ2n) is 8.27. The molecule has 0 atom stereocenters. The van der Waals surface area contributed by atoms with E-state index < -0.39 is 5.60 Å². The molecule has 2 aromatic rings. The summed E-state index contributed by atoms with van der Waals surface area (Å²) in [7, 11) is 0. The number of ether oxygens (including phenoxy) is 1. The van der Waals surface area contributed by atoms with Crippen LogP contribution in [-0.2, 0) is 4.74 Å². The van der Waals surface area contributed by atoms with Gasteiger partial charge in [0.05, 0.1) is 5.69 Å². The van der Waals surface area contributed by atoms with Crippen LogP contribution in [0.1, 0.15) is 43.2 Å². The predicted molar refractivity (Wildman–Crippen MR) is 109 cm³/mol.